The molecule has 0 N–H and O–H groups in total. The summed E-state index contributed by atoms with van der Waals surface area (Å²) >= 11 is 6.98. The molecule has 2 heteroatoms. The van der Waals surface area contributed by atoms with Gasteiger partial charge in [-0.05, 0) is 60.8 Å². The van der Waals surface area contributed by atoms with Crippen molar-refractivity contribution in [3.05, 3.63) is 59.7 Å². The zero-order valence-electron chi connectivity index (χ0n) is 13.0. The largest absolute Gasteiger partial charge is 0.0928 e. The normalized spacial score (nSPS) is 10.8. The van der Waals surface area contributed by atoms with Crippen LogP contribution in [-0.4, -0.2) is 10.7 Å². The van der Waals surface area contributed by atoms with Gasteiger partial charge in [-0.15, -0.1) is 0 Å². The number of benzene rings is 2. The number of hydrogen-bond donors (Lipinski definition) is 0. The van der Waals surface area contributed by atoms with Crippen molar-refractivity contribution in [3.8, 4) is 11.1 Å². The lowest BCUT2D eigenvalue weighted by molar-refractivity contribution is 0.806. The molecular formula is C20H24Br2. The monoisotopic (exact) mass is 422 g/mol. The Morgan fingerprint density at radius 2 is 0.864 bits per heavy atom. The highest BCUT2D eigenvalue weighted by molar-refractivity contribution is 9.09. The Kier molecular flexibility index (Phi) is 8.25. The Hall–Kier alpha value is -0.600. The highest BCUT2D eigenvalue weighted by Crippen LogP contribution is 2.21. The van der Waals surface area contributed by atoms with Crippen LogP contribution in [0, 0.1) is 0 Å². The molecule has 0 spiro atoms. The van der Waals surface area contributed by atoms with E-state index in [1.807, 2.05) is 0 Å². The Morgan fingerprint density at radius 1 is 0.500 bits per heavy atom. The van der Waals surface area contributed by atoms with Gasteiger partial charge in [0.1, 0.15) is 0 Å². The summed E-state index contributed by atoms with van der Waals surface area (Å²) < 4.78 is 0. The van der Waals surface area contributed by atoms with Gasteiger partial charge in [0.2, 0.25) is 0 Å². The van der Waals surface area contributed by atoms with Gasteiger partial charge in [-0.1, -0.05) is 80.4 Å². The van der Waals surface area contributed by atoms with E-state index in [9.17, 15) is 0 Å². The summed E-state index contributed by atoms with van der Waals surface area (Å²) in [6.45, 7) is 0. The zero-order chi connectivity index (χ0) is 15.6. The summed E-state index contributed by atoms with van der Waals surface area (Å²) in [5, 5.41) is 2.21. The smallest absolute Gasteiger partial charge is 0.00314 e. The SMILES string of the molecule is BrCCCCc1ccc(-c2ccc(CCCCBr)cc2)cc1. The van der Waals surface area contributed by atoms with Crippen LogP contribution in [0.15, 0.2) is 48.5 Å². The summed E-state index contributed by atoms with van der Waals surface area (Å²) in [4.78, 5) is 0. The van der Waals surface area contributed by atoms with Gasteiger partial charge in [-0.3, -0.25) is 0 Å². The van der Waals surface area contributed by atoms with Crippen LogP contribution in [0.1, 0.15) is 36.8 Å². The van der Waals surface area contributed by atoms with Gasteiger partial charge in [0.25, 0.3) is 0 Å². The molecule has 0 saturated carbocycles. The van der Waals surface area contributed by atoms with Crippen LogP contribution in [0.2, 0.25) is 0 Å². The molecule has 0 atom stereocenters. The van der Waals surface area contributed by atoms with Gasteiger partial charge in [0, 0.05) is 10.7 Å². The predicted octanol–water partition coefficient (Wildman–Crippen LogP) is 6.79. The summed E-state index contributed by atoms with van der Waals surface area (Å²) in [6.07, 6.45) is 7.37. The zero-order valence-corrected chi connectivity index (χ0v) is 16.2. The quantitative estimate of drug-likeness (QED) is 0.307. The Morgan fingerprint density at radius 3 is 1.18 bits per heavy atom. The maximum Gasteiger partial charge on any atom is 0.00314 e. The third kappa shape index (κ3) is 5.89. The first-order chi connectivity index (χ1) is 10.8. The van der Waals surface area contributed by atoms with Gasteiger partial charge < -0.3 is 0 Å². The number of aryl methyl sites for hydroxylation is 2. The second-order valence-electron chi connectivity index (χ2n) is 5.69. The number of unbranched alkanes of at least 4 members (excludes halogenated alkanes) is 2. The third-order valence-electron chi connectivity index (χ3n) is 3.94. The van der Waals surface area contributed by atoms with Crippen LogP contribution in [0.4, 0.5) is 0 Å². The molecular weight excluding hydrogens is 400 g/mol. The van der Waals surface area contributed by atoms with Crippen LogP contribution in [0.25, 0.3) is 11.1 Å². The van der Waals surface area contributed by atoms with E-state index in [2.05, 4.69) is 80.4 Å². The first-order valence-electron chi connectivity index (χ1n) is 8.13. The topological polar surface area (TPSA) is 0 Å². The summed E-state index contributed by atoms with van der Waals surface area (Å²) in [7, 11) is 0. The van der Waals surface area contributed by atoms with E-state index in [1.54, 1.807) is 0 Å². The van der Waals surface area contributed by atoms with Crippen LogP contribution in [0.3, 0.4) is 0 Å². The van der Waals surface area contributed by atoms with Gasteiger partial charge in [0.15, 0.2) is 0 Å². The van der Waals surface area contributed by atoms with Gasteiger partial charge in [-0.25, -0.2) is 0 Å². The number of rotatable bonds is 9. The molecule has 0 aliphatic rings. The highest BCUT2D eigenvalue weighted by atomic mass is 79.9. The molecule has 2 aromatic carbocycles. The molecule has 0 fully saturated rings. The summed E-state index contributed by atoms with van der Waals surface area (Å²) in [6, 6.07) is 18.1. The lowest BCUT2D eigenvalue weighted by atomic mass is 9.99. The van der Waals surface area contributed by atoms with E-state index >= 15 is 0 Å². The fourth-order valence-electron chi connectivity index (χ4n) is 2.57. The predicted molar refractivity (Wildman–Crippen MR) is 105 cm³/mol. The van der Waals surface area contributed by atoms with Crippen molar-refractivity contribution in [3.63, 3.8) is 0 Å². The van der Waals surface area contributed by atoms with E-state index in [1.165, 1.54) is 60.8 Å². The molecule has 0 amide bonds. The molecule has 22 heavy (non-hydrogen) atoms. The maximum atomic E-state index is 3.49. The number of alkyl halides is 2. The van der Waals surface area contributed by atoms with Crippen LogP contribution in [0.5, 0.6) is 0 Å². The molecule has 0 nitrogen and oxygen atoms in total. The van der Waals surface area contributed by atoms with Crippen molar-refractivity contribution in [2.45, 2.75) is 38.5 Å². The van der Waals surface area contributed by atoms with Crippen molar-refractivity contribution < 1.29 is 0 Å². The molecule has 0 saturated heterocycles. The Labute approximate surface area is 151 Å². The fraction of sp³-hybridized carbons (Fsp3) is 0.400. The maximum absolute atomic E-state index is 3.49. The average Bonchev–Trinajstić information content (AvgIpc) is 2.57. The number of halogens is 2. The van der Waals surface area contributed by atoms with E-state index in [4.69, 9.17) is 0 Å². The van der Waals surface area contributed by atoms with Crippen molar-refractivity contribution in [2.24, 2.45) is 0 Å². The van der Waals surface area contributed by atoms with Crippen LogP contribution >= 0.6 is 31.9 Å². The van der Waals surface area contributed by atoms with Crippen molar-refractivity contribution in [2.75, 3.05) is 10.7 Å². The second kappa shape index (κ2) is 10.2. The van der Waals surface area contributed by atoms with E-state index < -0.39 is 0 Å². The van der Waals surface area contributed by atoms with Gasteiger partial charge in [0.05, 0.1) is 0 Å². The lowest BCUT2D eigenvalue weighted by Crippen LogP contribution is -1.88. The molecule has 0 radical (unpaired) electrons. The minimum absolute atomic E-state index is 1.10. The van der Waals surface area contributed by atoms with Gasteiger partial charge >= 0.3 is 0 Å². The second-order valence-corrected chi connectivity index (χ2v) is 7.27. The summed E-state index contributed by atoms with van der Waals surface area (Å²) in [5.74, 6) is 0. The number of hydrogen-bond acceptors (Lipinski definition) is 0. The van der Waals surface area contributed by atoms with E-state index in [-0.39, 0.29) is 0 Å². The molecule has 0 aliphatic carbocycles. The molecule has 0 heterocycles. The molecule has 2 rings (SSSR count). The molecule has 0 aromatic heterocycles. The van der Waals surface area contributed by atoms with Crippen LogP contribution < -0.4 is 0 Å². The molecule has 0 bridgehead atoms. The lowest BCUT2D eigenvalue weighted by Gasteiger charge is -2.06. The standard InChI is InChI=1S/C20H24Br2/c21-15-3-1-5-17-7-11-19(12-8-17)20-13-9-18(10-14-20)6-2-4-16-22/h7-14H,1-6,15-16H2. The van der Waals surface area contributed by atoms with E-state index in [0.717, 1.165) is 10.7 Å². The molecule has 2 aromatic rings. The molecule has 0 aliphatic heterocycles. The van der Waals surface area contributed by atoms with Crippen molar-refractivity contribution >= 4 is 31.9 Å². The fourth-order valence-corrected chi connectivity index (χ4v) is 3.37. The van der Waals surface area contributed by atoms with Crippen molar-refractivity contribution in [1.82, 2.24) is 0 Å². The minimum Gasteiger partial charge on any atom is -0.0928 e. The average molecular weight is 424 g/mol. The first kappa shape index (κ1) is 17.7. The van der Waals surface area contributed by atoms with E-state index in [0.29, 0.717) is 0 Å². The first-order valence-corrected chi connectivity index (χ1v) is 10.4. The Bertz CT molecular complexity index is 477. The Balaban J connectivity index is 1.93. The summed E-state index contributed by atoms with van der Waals surface area (Å²) in [5.41, 5.74) is 5.51. The minimum atomic E-state index is 1.10. The molecule has 118 valence electrons. The van der Waals surface area contributed by atoms with Gasteiger partial charge in [-0.2, -0.15) is 0 Å². The highest BCUT2D eigenvalue weighted by Gasteiger charge is 2.00. The van der Waals surface area contributed by atoms with Crippen LogP contribution in [-0.2, 0) is 12.8 Å². The molecule has 0 unspecified atom stereocenters. The van der Waals surface area contributed by atoms with Crippen molar-refractivity contribution in [1.29, 1.82) is 0 Å². The third-order valence-corrected chi connectivity index (χ3v) is 5.06.